The first kappa shape index (κ1) is 14.9. The van der Waals surface area contributed by atoms with E-state index in [1.54, 1.807) is 0 Å². The maximum atomic E-state index is 13.9. The number of hydrogen-bond donors (Lipinski definition) is 2. The Morgan fingerprint density at radius 2 is 2.10 bits per heavy atom. The van der Waals surface area contributed by atoms with Crippen LogP contribution in [0.2, 0.25) is 0 Å². The molecule has 0 amide bonds. The van der Waals surface area contributed by atoms with Crippen LogP contribution in [0.3, 0.4) is 0 Å². The lowest BCUT2D eigenvalue weighted by atomic mass is 10.1. The summed E-state index contributed by atoms with van der Waals surface area (Å²) in [5.74, 6) is -0.798. The van der Waals surface area contributed by atoms with Crippen LogP contribution in [0, 0.1) is 15.9 Å². The summed E-state index contributed by atoms with van der Waals surface area (Å²) < 4.78 is 13.9. The third kappa shape index (κ3) is 3.52. The molecule has 0 heterocycles. The van der Waals surface area contributed by atoms with Crippen molar-refractivity contribution in [1.29, 1.82) is 0 Å². The predicted octanol–water partition coefficient (Wildman–Crippen LogP) is 2.52. The van der Waals surface area contributed by atoms with Crippen LogP contribution in [-0.4, -0.2) is 22.2 Å². The third-order valence-electron chi connectivity index (χ3n) is 3.79. The number of rotatable bonds is 4. The van der Waals surface area contributed by atoms with E-state index in [-0.39, 0.29) is 18.2 Å². The van der Waals surface area contributed by atoms with Gasteiger partial charge in [-0.3, -0.25) is 10.1 Å². The first-order valence-corrected chi connectivity index (χ1v) is 6.93. The van der Waals surface area contributed by atoms with E-state index in [4.69, 9.17) is 0 Å². The smallest absolute Gasteiger partial charge is 0.305 e. The topological polar surface area (TPSA) is 75.4 Å². The number of nitrogens with one attached hydrogen (secondary N) is 1. The number of halogens is 1. The van der Waals surface area contributed by atoms with E-state index in [2.05, 4.69) is 5.32 Å². The largest absolute Gasteiger partial charge is 0.392 e. The first-order valence-electron chi connectivity index (χ1n) is 6.93. The number of hydrogen-bond acceptors (Lipinski definition) is 4. The standard InChI is InChI=1S/C14H19FN2O3/c15-14-10(5-4-7-12(14)17(19)20)9-16-11-6-2-1-3-8-13(11)18/h4-5,7,11,13,16,18H,1-3,6,8-9H2. The van der Waals surface area contributed by atoms with Crippen molar-refractivity contribution in [3.63, 3.8) is 0 Å². The second-order valence-electron chi connectivity index (χ2n) is 5.20. The van der Waals surface area contributed by atoms with Gasteiger partial charge in [0.25, 0.3) is 0 Å². The molecule has 20 heavy (non-hydrogen) atoms. The molecule has 2 N–H and O–H groups in total. The summed E-state index contributed by atoms with van der Waals surface area (Å²) in [6, 6.07) is 4.08. The maximum absolute atomic E-state index is 13.9. The minimum atomic E-state index is -0.798. The summed E-state index contributed by atoms with van der Waals surface area (Å²) in [4.78, 5) is 9.96. The molecule has 1 fully saturated rings. The fourth-order valence-electron chi connectivity index (χ4n) is 2.61. The van der Waals surface area contributed by atoms with Crippen LogP contribution in [0.15, 0.2) is 18.2 Å². The van der Waals surface area contributed by atoms with Crippen molar-refractivity contribution in [2.45, 2.75) is 50.8 Å². The first-order chi connectivity index (χ1) is 9.59. The Balaban J connectivity index is 2.03. The van der Waals surface area contributed by atoms with Crippen molar-refractivity contribution in [2.75, 3.05) is 0 Å². The molecule has 110 valence electrons. The van der Waals surface area contributed by atoms with Gasteiger partial charge in [0.05, 0.1) is 11.0 Å². The van der Waals surface area contributed by atoms with Gasteiger partial charge in [0.2, 0.25) is 5.82 Å². The van der Waals surface area contributed by atoms with Gasteiger partial charge in [0, 0.05) is 24.2 Å². The summed E-state index contributed by atoms with van der Waals surface area (Å²) in [6.45, 7) is 0.190. The fourth-order valence-corrected chi connectivity index (χ4v) is 2.61. The molecule has 1 aliphatic carbocycles. The van der Waals surface area contributed by atoms with Crippen molar-refractivity contribution < 1.29 is 14.4 Å². The Morgan fingerprint density at radius 1 is 1.35 bits per heavy atom. The number of nitrogens with zero attached hydrogens (tertiary/aromatic N) is 1. The molecular weight excluding hydrogens is 263 g/mol. The molecular formula is C14H19FN2O3. The highest BCUT2D eigenvalue weighted by molar-refractivity contribution is 5.36. The molecule has 1 aliphatic rings. The van der Waals surface area contributed by atoms with Gasteiger partial charge in [-0.25, -0.2) is 0 Å². The normalized spacial score (nSPS) is 23.3. The van der Waals surface area contributed by atoms with Crippen LogP contribution in [0.4, 0.5) is 10.1 Å². The molecule has 6 heteroatoms. The number of aliphatic hydroxyl groups is 1. The molecule has 1 saturated carbocycles. The Morgan fingerprint density at radius 3 is 2.85 bits per heavy atom. The molecule has 2 rings (SSSR count). The molecule has 1 aromatic carbocycles. The predicted molar refractivity (Wildman–Crippen MR) is 72.8 cm³/mol. The number of nitro benzene ring substituents is 1. The lowest BCUT2D eigenvalue weighted by Crippen LogP contribution is -2.38. The molecule has 0 aliphatic heterocycles. The summed E-state index contributed by atoms with van der Waals surface area (Å²) in [7, 11) is 0. The van der Waals surface area contributed by atoms with Gasteiger partial charge in [0.1, 0.15) is 0 Å². The zero-order chi connectivity index (χ0) is 14.5. The minimum absolute atomic E-state index is 0.0730. The summed E-state index contributed by atoms with van der Waals surface area (Å²) in [5.41, 5.74) is -0.249. The van der Waals surface area contributed by atoms with E-state index in [0.717, 1.165) is 38.2 Å². The second-order valence-corrected chi connectivity index (χ2v) is 5.20. The highest BCUT2D eigenvalue weighted by Gasteiger charge is 2.22. The summed E-state index contributed by atoms with van der Waals surface area (Å²) >= 11 is 0. The van der Waals surface area contributed by atoms with E-state index >= 15 is 0 Å². The van der Waals surface area contributed by atoms with Crippen molar-refractivity contribution in [1.82, 2.24) is 5.32 Å². The lowest BCUT2D eigenvalue weighted by Gasteiger charge is -2.21. The van der Waals surface area contributed by atoms with E-state index in [1.807, 2.05) is 0 Å². The summed E-state index contributed by atoms with van der Waals surface area (Å²) in [5, 5.41) is 23.8. The van der Waals surface area contributed by atoms with Crippen LogP contribution in [-0.2, 0) is 6.54 Å². The van der Waals surface area contributed by atoms with Crippen LogP contribution < -0.4 is 5.32 Å². The second kappa shape index (κ2) is 6.76. The quantitative estimate of drug-likeness (QED) is 0.505. The Labute approximate surface area is 117 Å². The zero-order valence-corrected chi connectivity index (χ0v) is 11.2. The molecule has 2 atom stereocenters. The number of aliphatic hydroxyl groups excluding tert-OH is 1. The van der Waals surface area contributed by atoms with E-state index in [0.29, 0.717) is 0 Å². The zero-order valence-electron chi connectivity index (χ0n) is 11.2. The molecule has 2 unspecified atom stereocenters. The van der Waals surface area contributed by atoms with Crippen LogP contribution >= 0.6 is 0 Å². The van der Waals surface area contributed by atoms with Gasteiger partial charge in [-0.05, 0) is 12.8 Å². The van der Waals surface area contributed by atoms with Crippen LogP contribution in [0.5, 0.6) is 0 Å². The third-order valence-corrected chi connectivity index (χ3v) is 3.79. The van der Waals surface area contributed by atoms with Crippen molar-refractivity contribution >= 4 is 5.69 Å². The molecule has 0 radical (unpaired) electrons. The molecule has 0 bridgehead atoms. The molecule has 0 saturated heterocycles. The molecule has 1 aromatic rings. The van der Waals surface area contributed by atoms with E-state index in [1.165, 1.54) is 12.1 Å². The van der Waals surface area contributed by atoms with Gasteiger partial charge in [-0.1, -0.05) is 31.4 Å². The van der Waals surface area contributed by atoms with Gasteiger partial charge in [-0.15, -0.1) is 0 Å². The highest BCUT2D eigenvalue weighted by atomic mass is 19.1. The molecule has 5 nitrogen and oxygen atoms in total. The van der Waals surface area contributed by atoms with Gasteiger partial charge < -0.3 is 10.4 Å². The Hall–Kier alpha value is -1.53. The number of benzene rings is 1. The minimum Gasteiger partial charge on any atom is -0.392 e. The number of nitro groups is 1. The van der Waals surface area contributed by atoms with Crippen molar-refractivity contribution in [3.8, 4) is 0 Å². The SMILES string of the molecule is O=[N+]([O-])c1cccc(CNC2CCCCCC2O)c1F. The van der Waals surface area contributed by atoms with E-state index in [9.17, 15) is 19.6 Å². The Kier molecular flexibility index (Phi) is 5.03. The van der Waals surface area contributed by atoms with Gasteiger partial charge in [0.15, 0.2) is 0 Å². The van der Waals surface area contributed by atoms with Gasteiger partial charge in [-0.2, -0.15) is 4.39 Å². The summed E-state index contributed by atoms with van der Waals surface area (Å²) in [6.07, 6.45) is 4.29. The average molecular weight is 282 g/mol. The monoisotopic (exact) mass is 282 g/mol. The molecule has 0 spiro atoms. The maximum Gasteiger partial charge on any atom is 0.305 e. The van der Waals surface area contributed by atoms with Crippen LogP contribution in [0.1, 0.15) is 37.7 Å². The highest BCUT2D eigenvalue weighted by Crippen LogP contribution is 2.22. The van der Waals surface area contributed by atoms with Gasteiger partial charge >= 0.3 is 5.69 Å². The Bertz CT molecular complexity index is 481. The van der Waals surface area contributed by atoms with Crippen molar-refractivity contribution in [3.05, 3.63) is 39.7 Å². The lowest BCUT2D eigenvalue weighted by molar-refractivity contribution is -0.387. The molecule has 0 aromatic heterocycles. The van der Waals surface area contributed by atoms with Crippen LogP contribution in [0.25, 0.3) is 0 Å². The fraction of sp³-hybridized carbons (Fsp3) is 0.571. The van der Waals surface area contributed by atoms with E-state index < -0.39 is 22.5 Å². The van der Waals surface area contributed by atoms with Crippen molar-refractivity contribution in [2.24, 2.45) is 0 Å². The average Bonchev–Trinajstić information content (AvgIpc) is 2.62.